The fraction of sp³-hybridized carbons (Fsp3) is 0.409. The van der Waals surface area contributed by atoms with Crippen LogP contribution < -0.4 is 15.4 Å². The number of carbonyl (C=O) groups is 1. The molecule has 6 nitrogen and oxygen atoms in total. The Morgan fingerprint density at radius 3 is 2.48 bits per heavy atom. The van der Waals surface area contributed by atoms with E-state index in [1.54, 1.807) is 6.20 Å². The number of nitrogens with zero attached hydrogens (tertiary/aromatic N) is 4. The van der Waals surface area contributed by atoms with Crippen LogP contribution >= 0.6 is 0 Å². The predicted molar refractivity (Wildman–Crippen MR) is 121 cm³/mol. The average molecular weight is 408 g/mol. The van der Waals surface area contributed by atoms with Gasteiger partial charge in [-0.2, -0.15) is 5.26 Å². The number of pyridine rings is 1. The molecule has 1 N–H and O–H groups in total. The predicted octanol–water partition coefficient (Wildman–Crippen LogP) is 3.55. The number of carbonyl (C=O) groups excluding carboxylic acids is 1. The van der Waals surface area contributed by atoms with Crippen molar-refractivity contribution >= 4 is 30.8 Å². The molecule has 7 heteroatoms. The van der Waals surface area contributed by atoms with Crippen LogP contribution in [0.4, 0.5) is 16.3 Å². The molecule has 0 aliphatic carbocycles. The van der Waals surface area contributed by atoms with Crippen LogP contribution in [-0.2, 0) is 0 Å². The van der Waals surface area contributed by atoms with Gasteiger partial charge in [0.1, 0.15) is 11.9 Å². The van der Waals surface area contributed by atoms with Crippen LogP contribution in [0.2, 0.25) is 19.6 Å². The zero-order chi connectivity index (χ0) is 21.2. The van der Waals surface area contributed by atoms with E-state index < -0.39 is 8.07 Å². The van der Waals surface area contributed by atoms with Gasteiger partial charge in [-0.25, -0.2) is 9.78 Å². The Bertz CT molecular complexity index is 930. The molecule has 2 amide bonds. The van der Waals surface area contributed by atoms with Crippen LogP contribution in [-0.4, -0.2) is 49.7 Å². The Morgan fingerprint density at radius 2 is 1.93 bits per heavy atom. The normalized spacial score (nSPS) is 17.0. The third kappa shape index (κ3) is 4.77. The number of hydrogen-bond acceptors (Lipinski definition) is 4. The number of amides is 2. The van der Waals surface area contributed by atoms with Crippen LogP contribution in [0.25, 0.3) is 0 Å². The summed E-state index contributed by atoms with van der Waals surface area (Å²) in [6.07, 6.45) is 1.61. The van der Waals surface area contributed by atoms with Gasteiger partial charge in [0, 0.05) is 37.6 Å². The van der Waals surface area contributed by atoms with Crippen LogP contribution in [0.15, 0.2) is 36.5 Å². The van der Waals surface area contributed by atoms with Gasteiger partial charge in [0.05, 0.1) is 13.6 Å². The van der Waals surface area contributed by atoms with Gasteiger partial charge in [-0.1, -0.05) is 37.0 Å². The molecular weight excluding hydrogens is 378 g/mol. The number of nitriles is 1. The van der Waals surface area contributed by atoms with Crippen molar-refractivity contribution in [3.63, 3.8) is 0 Å². The van der Waals surface area contributed by atoms with E-state index in [4.69, 9.17) is 5.26 Å². The first-order valence-corrected chi connectivity index (χ1v) is 13.5. The second-order valence-electron chi connectivity index (χ2n) is 8.72. The summed E-state index contributed by atoms with van der Waals surface area (Å²) in [5.74, 6) is 0.887. The highest BCUT2D eigenvalue weighted by atomic mass is 28.3. The highest BCUT2D eigenvalue weighted by Crippen LogP contribution is 2.22. The molecule has 1 aliphatic heterocycles. The van der Waals surface area contributed by atoms with Crippen molar-refractivity contribution in [3.8, 4) is 6.07 Å². The Labute approximate surface area is 174 Å². The average Bonchev–Trinajstić information content (AvgIpc) is 2.67. The maximum atomic E-state index is 12.8. The molecule has 0 saturated carbocycles. The van der Waals surface area contributed by atoms with Crippen molar-refractivity contribution in [1.82, 2.24) is 9.88 Å². The minimum absolute atomic E-state index is 0.0573. The summed E-state index contributed by atoms with van der Waals surface area (Å²) in [6.45, 7) is 13.0. The van der Waals surface area contributed by atoms with Gasteiger partial charge < -0.3 is 15.1 Å². The second kappa shape index (κ2) is 8.25. The molecule has 1 aromatic heterocycles. The summed E-state index contributed by atoms with van der Waals surface area (Å²) >= 11 is 0. The number of piperazine rings is 1. The minimum atomic E-state index is -1.34. The Morgan fingerprint density at radius 1 is 1.24 bits per heavy atom. The summed E-state index contributed by atoms with van der Waals surface area (Å²) in [5, 5.41) is 13.4. The van der Waals surface area contributed by atoms with E-state index in [1.165, 1.54) is 5.19 Å². The number of aromatic nitrogens is 1. The van der Waals surface area contributed by atoms with Gasteiger partial charge in [-0.3, -0.25) is 0 Å². The zero-order valence-electron chi connectivity index (χ0n) is 17.9. The van der Waals surface area contributed by atoms with E-state index >= 15 is 0 Å². The maximum Gasteiger partial charge on any atom is 0.322 e. The Hall–Kier alpha value is -2.85. The van der Waals surface area contributed by atoms with E-state index in [9.17, 15) is 4.79 Å². The molecule has 1 fully saturated rings. The molecule has 1 saturated heterocycles. The first-order chi connectivity index (χ1) is 13.7. The molecule has 3 rings (SSSR count). The van der Waals surface area contributed by atoms with Gasteiger partial charge >= 0.3 is 6.03 Å². The summed E-state index contributed by atoms with van der Waals surface area (Å²) in [6, 6.07) is 12.2. The molecule has 1 atom stereocenters. The van der Waals surface area contributed by atoms with Gasteiger partial charge in [0.15, 0.2) is 0 Å². The number of aryl methyl sites for hydroxylation is 1. The van der Waals surface area contributed by atoms with E-state index in [-0.39, 0.29) is 12.1 Å². The lowest BCUT2D eigenvalue weighted by Gasteiger charge is -2.40. The van der Waals surface area contributed by atoms with Gasteiger partial charge in [-0.15, -0.1) is 0 Å². The second-order valence-corrected chi connectivity index (χ2v) is 13.8. The Balaban J connectivity index is 1.63. The fourth-order valence-electron chi connectivity index (χ4n) is 3.66. The van der Waals surface area contributed by atoms with Gasteiger partial charge in [0.2, 0.25) is 0 Å². The first kappa shape index (κ1) is 20.9. The molecule has 29 heavy (non-hydrogen) atoms. The van der Waals surface area contributed by atoms with Crippen LogP contribution in [0.1, 0.15) is 18.1 Å². The lowest BCUT2D eigenvalue weighted by atomic mass is 10.1. The first-order valence-electron chi connectivity index (χ1n) is 9.99. The molecule has 0 bridgehead atoms. The quantitative estimate of drug-likeness (QED) is 0.790. The standard InChI is InChI=1S/C22H29N5OSi/c1-16-12-18(13-23)14-24-21(16)26-10-11-27(17(2)15-26)22(28)25-19-6-8-20(9-7-19)29(3,4)5/h6-9,12,14,17H,10-11,15H2,1-5H3,(H,25,28)/t17-/m1/s1. The zero-order valence-corrected chi connectivity index (χ0v) is 18.9. The fourth-order valence-corrected chi connectivity index (χ4v) is 4.83. The van der Waals surface area contributed by atoms with Crippen LogP contribution in [0.3, 0.4) is 0 Å². The SMILES string of the molecule is Cc1cc(C#N)cnc1N1CCN(C(=O)Nc2ccc([Si](C)(C)C)cc2)[C@H](C)C1. The number of benzene rings is 1. The van der Waals surface area contributed by atoms with E-state index in [1.807, 2.05) is 30.0 Å². The third-order valence-corrected chi connectivity index (χ3v) is 7.44. The third-order valence-electron chi connectivity index (χ3n) is 5.37. The van der Waals surface area contributed by atoms with Gasteiger partial charge in [-0.05, 0) is 37.6 Å². The number of rotatable bonds is 3. The summed E-state index contributed by atoms with van der Waals surface area (Å²) in [5.41, 5.74) is 2.38. The minimum Gasteiger partial charge on any atom is -0.353 e. The van der Waals surface area contributed by atoms with Crippen molar-refractivity contribution in [2.75, 3.05) is 29.9 Å². The molecule has 0 spiro atoms. The van der Waals surface area contributed by atoms with Crippen molar-refractivity contribution < 1.29 is 4.79 Å². The number of anilines is 2. The van der Waals surface area contributed by atoms with Gasteiger partial charge in [0.25, 0.3) is 0 Å². The monoisotopic (exact) mass is 407 g/mol. The van der Waals surface area contributed by atoms with Crippen molar-refractivity contribution in [2.45, 2.75) is 39.5 Å². The van der Waals surface area contributed by atoms with E-state index in [0.29, 0.717) is 25.2 Å². The van der Waals surface area contributed by atoms with Crippen molar-refractivity contribution in [1.29, 1.82) is 5.26 Å². The Kier molecular flexibility index (Phi) is 5.94. The molecular formula is C22H29N5OSi. The summed E-state index contributed by atoms with van der Waals surface area (Å²) < 4.78 is 0. The number of hydrogen-bond donors (Lipinski definition) is 1. The van der Waals surface area contributed by atoms with E-state index in [0.717, 1.165) is 17.1 Å². The van der Waals surface area contributed by atoms with Crippen molar-refractivity contribution in [3.05, 3.63) is 47.7 Å². The largest absolute Gasteiger partial charge is 0.353 e. The molecule has 0 unspecified atom stereocenters. The van der Waals surface area contributed by atoms with E-state index in [2.05, 4.69) is 60.0 Å². The number of nitrogens with one attached hydrogen (secondary N) is 1. The lowest BCUT2D eigenvalue weighted by molar-refractivity contribution is 0.184. The highest BCUT2D eigenvalue weighted by molar-refractivity contribution is 6.88. The maximum absolute atomic E-state index is 12.8. The smallest absolute Gasteiger partial charge is 0.322 e. The molecule has 2 heterocycles. The molecule has 0 radical (unpaired) electrons. The van der Waals surface area contributed by atoms with Crippen molar-refractivity contribution in [2.24, 2.45) is 0 Å². The van der Waals surface area contributed by atoms with Crippen LogP contribution in [0, 0.1) is 18.3 Å². The lowest BCUT2D eigenvalue weighted by Crippen LogP contribution is -2.55. The van der Waals surface area contributed by atoms with Crippen LogP contribution in [0.5, 0.6) is 0 Å². The highest BCUT2D eigenvalue weighted by Gasteiger charge is 2.29. The molecule has 152 valence electrons. The summed E-state index contributed by atoms with van der Waals surface area (Å²) in [7, 11) is -1.34. The molecule has 2 aromatic rings. The molecule has 1 aromatic carbocycles. The number of urea groups is 1. The molecule has 1 aliphatic rings. The summed E-state index contributed by atoms with van der Waals surface area (Å²) in [4.78, 5) is 21.3. The topological polar surface area (TPSA) is 72.3 Å².